The van der Waals surface area contributed by atoms with Gasteiger partial charge < -0.3 is 11.5 Å². The summed E-state index contributed by atoms with van der Waals surface area (Å²) >= 11 is 0. The maximum atomic E-state index is 11.9. The van der Waals surface area contributed by atoms with Gasteiger partial charge in [-0.3, -0.25) is 0 Å². The SMILES string of the molecule is NC(=O)/N=C/c1ccc(/C=N/C(=O)/N=C/c2ccc(/C=N/C(=O)/N=C/c3ccc(/C=N/C(N)=O)cc3)cc2)cc1. The quantitative estimate of drug-likeness (QED) is 0.451. The van der Waals surface area contributed by atoms with E-state index in [1.165, 1.54) is 37.3 Å². The van der Waals surface area contributed by atoms with E-state index in [0.717, 1.165) is 0 Å². The molecule has 0 bridgehead atoms. The van der Waals surface area contributed by atoms with Crippen molar-refractivity contribution in [1.82, 2.24) is 0 Å². The highest BCUT2D eigenvalue weighted by atomic mass is 16.2. The van der Waals surface area contributed by atoms with Gasteiger partial charge in [0.25, 0.3) is 0 Å². The van der Waals surface area contributed by atoms with Crippen LogP contribution in [0.1, 0.15) is 33.4 Å². The van der Waals surface area contributed by atoms with Crippen LogP contribution in [-0.4, -0.2) is 61.4 Å². The lowest BCUT2D eigenvalue weighted by Crippen LogP contribution is -2.04. The number of benzene rings is 3. The lowest BCUT2D eigenvalue weighted by atomic mass is 10.1. The molecule has 0 radical (unpaired) electrons. The minimum Gasteiger partial charge on any atom is -0.350 e. The molecule has 0 saturated heterocycles. The normalized spacial score (nSPS) is 12.0. The van der Waals surface area contributed by atoms with Gasteiger partial charge in [0.05, 0.1) is 0 Å². The molecule has 0 heterocycles. The molecule has 198 valence electrons. The van der Waals surface area contributed by atoms with E-state index >= 15 is 0 Å². The summed E-state index contributed by atoms with van der Waals surface area (Å²) in [6.45, 7) is 0. The molecule has 4 N–H and O–H groups in total. The minimum absolute atomic E-state index is 0.646. The number of amides is 8. The Hall–Kier alpha value is -6.04. The summed E-state index contributed by atoms with van der Waals surface area (Å²) in [5.41, 5.74) is 13.9. The molecule has 3 aromatic carbocycles. The number of primary amides is 2. The standard InChI is InChI=1S/C28H22N8O4/c29-25(37)31-13-19-1-5-21(6-2-19)15-33-27(39)35-17-23-9-11-24(12-10-23)18-36-28(40)34-16-22-7-3-20(4-8-22)14-32-26(30)38/h1-18H,(H2,29,37)(H2,30,38)/b31-13+,32-14+,33-15+,34-16+,35-17+,36-18+. The first-order chi connectivity index (χ1) is 19.3. The molecule has 0 atom stereocenters. The van der Waals surface area contributed by atoms with Crippen LogP contribution in [0, 0.1) is 0 Å². The Morgan fingerprint density at radius 2 is 0.550 bits per heavy atom. The van der Waals surface area contributed by atoms with Crippen molar-refractivity contribution in [3.63, 3.8) is 0 Å². The molecule has 40 heavy (non-hydrogen) atoms. The van der Waals surface area contributed by atoms with E-state index in [1.807, 2.05) is 0 Å². The van der Waals surface area contributed by atoms with E-state index in [4.69, 9.17) is 11.5 Å². The number of urea groups is 4. The highest BCUT2D eigenvalue weighted by Gasteiger charge is 1.98. The van der Waals surface area contributed by atoms with Crippen LogP contribution < -0.4 is 11.5 Å². The Morgan fingerprint density at radius 1 is 0.375 bits per heavy atom. The fraction of sp³-hybridized carbons (Fsp3) is 0. The molecule has 0 saturated carbocycles. The number of carbonyl (C=O) groups excluding carboxylic acids is 4. The van der Waals surface area contributed by atoms with E-state index in [9.17, 15) is 19.2 Å². The fourth-order valence-corrected chi connectivity index (χ4v) is 2.87. The van der Waals surface area contributed by atoms with Crippen molar-refractivity contribution in [3.05, 3.63) is 106 Å². The molecule has 0 unspecified atom stereocenters. The summed E-state index contributed by atoms with van der Waals surface area (Å²) in [6.07, 6.45) is 8.12. The molecule has 0 spiro atoms. The summed E-state index contributed by atoms with van der Waals surface area (Å²) in [7, 11) is 0. The van der Waals surface area contributed by atoms with Gasteiger partial charge in [-0.25, -0.2) is 29.2 Å². The summed E-state index contributed by atoms with van der Waals surface area (Å²) in [5.74, 6) is 0. The number of nitrogens with zero attached hydrogens (tertiary/aromatic N) is 6. The molecule has 0 aliphatic rings. The maximum Gasteiger partial charge on any atom is 0.366 e. The van der Waals surface area contributed by atoms with Crippen molar-refractivity contribution < 1.29 is 19.2 Å². The summed E-state index contributed by atoms with van der Waals surface area (Å²) in [6, 6.07) is 17.4. The number of rotatable bonds is 6. The van der Waals surface area contributed by atoms with Gasteiger partial charge in [-0.05, 0) is 33.4 Å². The first-order valence-electron chi connectivity index (χ1n) is 11.5. The monoisotopic (exact) mass is 534 g/mol. The van der Waals surface area contributed by atoms with Crippen molar-refractivity contribution in [2.24, 2.45) is 41.4 Å². The Balaban J connectivity index is 1.49. The van der Waals surface area contributed by atoms with Crippen LogP contribution in [0.15, 0.2) is 103 Å². The van der Waals surface area contributed by atoms with E-state index < -0.39 is 24.1 Å². The molecular formula is C28H22N8O4. The molecule has 12 heteroatoms. The van der Waals surface area contributed by atoms with Crippen molar-refractivity contribution in [2.45, 2.75) is 0 Å². The van der Waals surface area contributed by atoms with Crippen molar-refractivity contribution >= 4 is 61.4 Å². The van der Waals surface area contributed by atoms with Crippen LogP contribution in [0.2, 0.25) is 0 Å². The molecular weight excluding hydrogens is 512 g/mol. The molecule has 8 amide bonds. The molecule has 3 aromatic rings. The van der Waals surface area contributed by atoms with Gasteiger partial charge in [0.2, 0.25) is 0 Å². The predicted molar refractivity (Wildman–Crippen MR) is 155 cm³/mol. The summed E-state index contributed by atoms with van der Waals surface area (Å²) in [5, 5.41) is 0. The molecule has 0 aliphatic heterocycles. The zero-order valence-corrected chi connectivity index (χ0v) is 20.9. The van der Waals surface area contributed by atoms with Gasteiger partial charge in [-0.15, -0.1) is 0 Å². The second-order valence-electron chi connectivity index (χ2n) is 7.79. The first kappa shape index (κ1) is 28.5. The highest BCUT2D eigenvalue weighted by Crippen LogP contribution is 2.04. The summed E-state index contributed by atoms with van der Waals surface area (Å²) in [4.78, 5) is 67.3. The second kappa shape index (κ2) is 14.6. The van der Waals surface area contributed by atoms with Crippen LogP contribution in [0.3, 0.4) is 0 Å². The van der Waals surface area contributed by atoms with E-state index in [0.29, 0.717) is 33.4 Å². The molecule has 0 fully saturated rings. The lowest BCUT2D eigenvalue weighted by molar-refractivity contribution is 0.256. The Kier molecular flexibility index (Phi) is 10.4. The van der Waals surface area contributed by atoms with Crippen LogP contribution in [0.5, 0.6) is 0 Å². The summed E-state index contributed by atoms with van der Waals surface area (Å²) < 4.78 is 0. The smallest absolute Gasteiger partial charge is 0.350 e. The van der Waals surface area contributed by atoms with Crippen LogP contribution in [0.25, 0.3) is 0 Å². The fourth-order valence-electron chi connectivity index (χ4n) is 2.87. The van der Waals surface area contributed by atoms with Gasteiger partial charge in [0.1, 0.15) is 0 Å². The second-order valence-corrected chi connectivity index (χ2v) is 7.79. The molecule has 0 aliphatic carbocycles. The predicted octanol–water partition coefficient (Wildman–Crippen LogP) is 4.00. The third-order valence-corrected chi connectivity index (χ3v) is 4.79. The maximum absolute atomic E-state index is 11.9. The van der Waals surface area contributed by atoms with Gasteiger partial charge in [-0.2, -0.15) is 20.0 Å². The Bertz CT molecular complexity index is 1430. The van der Waals surface area contributed by atoms with E-state index in [-0.39, 0.29) is 0 Å². The minimum atomic E-state index is -0.788. The zero-order chi connectivity index (χ0) is 28.7. The van der Waals surface area contributed by atoms with Crippen molar-refractivity contribution in [2.75, 3.05) is 0 Å². The van der Waals surface area contributed by atoms with Crippen molar-refractivity contribution in [1.29, 1.82) is 0 Å². The number of hydrogen-bond acceptors (Lipinski definition) is 4. The molecule has 0 aromatic heterocycles. The van der Waals surface area contributed by atoms with Crippen LogP contribution in [0.4, 0.5) is 19.2 Å². The van der Waals surface area contributed by atoms with Crippen molar-refractivity contribution in [3.8, 4) is 0 Å². The lowest BCUT2D eigenvalue weighted by Gasteiger charge is -1.95. The number of nitrogens with two attached hydrogens (primary N) is 2. The van der Waals surface area contributed by atoms with Gasteiger partial charge in [-0.1, -0.05) is 72.8 Å². The largest absolute Gasteiger partial charge is 0.366 e. The topological polar surface area (TPSA) is 194 Å². The zero-order valence-electron chi connectivity index (χ0n) is 20.9. The first-order valence-corrected chi connectivity index (χ1v) is 11.5. The van der Waals surface area contributed by atoms with Crippen LogP contribution >= 0.6 is 0 Å². The van der Waals surface area contributed by atoms with E-state index in [2.05, 4.69) is 30.0 Å². The Morgan fingerprint density at radius 3 is 0.725 bits per heavy atom. The number of hydrogen-bond donors (Lipinski definition) is 2. The van der Waals surface area contributed by atoms with Gasteiger partial charge in [0.15, 0.2) is 0 Å². The number of aliphatic imine (C=N–C) groups is 6. The molecule has 3 rings (SSSR count). The Labute approximate surface area is 228 Å². The van der Waals surface area contributed by atoms with Gasteiger partial charge in [0, 0.05) is 37.3 Å². The average molecular weight is 535 g/mol. The average Bonchev–Trinajstić information content (AvgIpc) is 2.96. The number of carbonyl (C=O) groups is 4. The van der Waals surface area contributed by atoms with Gasteiger partial charge >= 0.3 is 24.1 Å². The van der Waals surface area contributed by atoms with Crippen LogP contribution in [-0.2, 0) is 0 Å². The third kappa shape index (κ3) is 10.5. The highest BCUT2D eigenvalue weighted by molar-refractivity contribution is 5.99. The molecule has 12 nitrogen and oxygen atoms in total. The third-order valence-electron chi connectivity index (χ3n) is 4.79. The van der Waals surface area contributed by atoms with E-state index in [1.54, 1.807) is 72.8 Å².